The van der Waals surface area contributed by atoms with E-state index < -0.39 is 0 Å². The minimum absolute atomic E-state index is 0.0423. The number of ether oxygens (including phenoxy) is 2. The van der Waals surface area contributed by atoms with Gasteiger partial charge in [-0.2, -0.15) is 0 Å². The van der Waals surface area contributed by atoms with Crippen LogP contribution in [0.3, 0.4) is 0 Å². The molecule has 0 aromatic rings. The SMILES string of the molecule is CC1COC(C2CCC(=O)CC2)OC1. The van der Waals surface area contributed by atoms with Crippen LogP contribution in [0.15, 0.2) is 0 Å². The summed E-state index contributed by atoms with van der Waals surface area (Å²) in [7, 11) is 0. The minimum Gasteiger partial charge on any atom is -0.352 e. The highest BCUT2D eigenvalue weighted by atomic mass is 16.7. The van der Waals surface area contributed by atoms with Crippen LogP contribution in [0.5, 0.6) is 0 Å². The van der Waals surface area contributed by atoms with Crippen LogP contribution in [0.1, 0.15) is 32.6 Å². The van der Waals surface area contributed by atoms with E-state index in [9.17, 15) is 4.79 Å². The largest absolute Gasteiger partial charge is 0.352 e. The molecule has 2 aliphatic rings. The standard InChI is InChI=1S/C11H18O3/c1-8-6-13-11(14-7-8)9-2-4-10(12)5-3-9/h8-9,11H,2-7H2,1H3. The van der Waals surface area contributed by atoms with Crippen molar-refractivity contribution in [2.24, 2.45) is 11.8 Å². The van der Waals surface area contributed by atoms with Crippen LogP contribution in [0, 0.1) is 11.8 Å². The zero-order valence-corrected chi connectivity index (χ0v) is 8.70. The number of ketones is 1. The maximum Gasteiger partial charge on any atom is 0.160 e. The van der Waals surface area contributed by atoms with E-state index in [-0.39, 0.29) is 6.29 Å². The molecule has 3 nitrogen and oxygen atoms in total. The van der Waals surface area contributed by atoms with Crippen LogP contribution in [0.4, 0.5) is 0 Å². The van der Waals surface area contributed by atoms with Gasteiger partial charge in [-0.05, 0) is 12.8 Å². The third-order valence-electron chi connectivity index (χ3n) is 3.06. The molecule has 1 aliphatic heterocycles. The topological polar surface area (TPSA) is 35.5 Å². The molecule has 0 N–H and O–H groups in total. The number of hydrogen-bond acceptors (Lipinski definition) is 3. The van der Waals surface area contributed by atoms with E-state index in [2.05, 4.69) is 6.92 Å². The van der Waals surface area contributed by atoms with Crippen molar-refractivity contribution >= 4 is 5.78 Å². The van der Waals surface area contributed by atoms with Gasteiger partial charge in [0, 0.05) is 24.7 Å². The summed E-state index contributed by atoms with van der Waals surface area (Å²) in [5.41, 5.74) is 0. The first-order valence-electron chi connectivity index (χ1n) is 5.50. The van der Waals surface area contributed by atoms with Gasteiger partial charge in [0.25, 0.3) is 0 Å². The summed E-state index contributed by atoms with van der Waals surface area (Å²) in [5.74, 6) is 1.35. The van der Waals surface area contributed by atoms with E-state index >= 15 is 0 Å². The van der Waals surface area contributed by atoms with E-state index in [0.29, 0.717) is 30.5 Å². The summed E-state index contributed by atoms with van der Waals surface area (Å²) < 4.78 is 11.3. The highest BCUT2D eigenvalue weighted by molar-refractivity contribution is 5.79. The van der Waals surface area contributed by atoms with E-state index in [4.69, 9.17) is 9.47 Å². The molecule has 0 radical (unpaired) electrons. The molecule has 0 atom stereocenters. The van der Waals surface area contributed by atoms with E-state index in [1.807, 2.05) is 0 Å². The van der Waals surface area contributed by atoms with Gasteiger partial charge in [-0.1, -0.05) is 6.92 Å². The summed E-state index contributed by atoms with van der Waals surface area (Å²) in [5, 5.41) is 0. The molecule has 80 valence electrons. The third kappa shape index (κ3) is 2.34. The van der Waals surface area contributed by atoms with Crippen molar-refractivity contribution in [3.63, 3.8) is 0 Å². The van der Waals surface area contributed by atoms with Crippen LogP contribution >= 0.6 is 0 Å². The van der Waals surface area contributed by atoms with Crippen LogP contribution in [-0.2, 0) is 14.3 Å². The van der Waals surface area contributed by atoms with Crippen molar-refractivity contribution in [3.8, 4) is 0 Å². The number of carbonyl (C=O) groups excluding carboxylic acids is 1. The number of Topliss-reactive ketones (excluding diaryl/α,β-unsaturated/α-hetero) is 1. The molecule has 0 bridgehead atoms. The van der Waals surface area contributed by atoms with Crippen molar-refractivity contribution in [2.45, 2.75) is 38.9 Å². The first-order valence-corrected chi connectivity index (χ1v) is 5.50. The van der Waals surface area contributed by atoms with Crippen LogP contribution in [0.25, 0.3) is 0 Å². The third-order valence-corrected chi connectivity index (χ3v) is 3.06. The Kier molecular flexibility index (Phi) is 3.19. The molecular formula is C11H18O3. The molecule has 2 rings (SSSR count). The van der Waals surface area contributed by atoms with Crippen molar-refractivity contribution in [1.29, 1.82) is 0 Å². The maximum absolute atomic E-state index is 11.1. The normalized spacial score (nSPS) is 35.9. The van der Waals surface area contributed by atoms with Gasteiger partial charge in [0.05, 0.1) is 13.2 Å². The molecule has 1 saturated heterocycles. The average molecular weight is 198 g/mol. The molecule has 1 heterocycles. The number of hydrogen-bond donors (Lipinski definition) is 0. The van der Waals surface area contributed by atoms with Gasteiger partial charge in [0.1, 0.15) is 5.78 Å². The van der Waals surface area contributed by atoms with Gasteiger partial charge in [-0.15, -0.1) is 0 Å². The fourth-order valence-electron chi connectivity index (χ4n) is 2.12. The smallest absolute Gasteiger partial charge is 0.160 e. The van der Waals surface area contributed by atoms with Gasteiger partial charge < -0.3 is 9.47 Å². The van der Waals surface area contributed by atoms with Crippen molar-refractivity contribution in [3.05, 3.63) is 0 Å². The van der Waals surface area contributed by atoms with Crippen molar-refractivity contribution in [2.75, 3.05) is 13.2 Å². The Labute approximate surface area is 84.8 Å². The molecule has 14 heavy (non-hydrogen) atoms. The second-order valence-corrected chi connectivity index (χ2v) is 4.52. The van der Waals surface area contributed by atoms with Crippen molar-refractivity contribution < 1.29 is 14.3 Å². The van der Waals surface area contributed by atoms with Gasteiger partial charge in [0.15, 0.2) is 6.29 Å². The molecule has 1 aliphatic carbocycles. The zero-order chi connectivity index (χ0) is 9.97. The van der Waals surface area contributed by atoms with Gasteiger partial charge in [-0.3, -0.25) is 4.79 Å². The molecular weight excluding hydrogens is 180 g/mol. The predicted octanol–water partition coefficient (Wildman–Crippen LogP) is 1.75. The summed E-state index contributed by atoms with van der Waals surface area (Å²) >= 11 is 0. The second kappa shape index (κ2) is 4.41. The fourth-order valence-corrected chi connectivity index (χ4v) is 2.12. The number of rotatable bonds is 1. The summed E-state index contributed by atoms with van der Waals surface area (Å²) in [6.07, 6.45) is 3.27. The van der Waals surface area contributed by atoms with E-state index in [1.54, 1.807) is 0 Å². The maximum atomic E-state index is 11.1. The Morgan fingerprint density at radius 2 is 1.71 bits per heavy atom. The Bertz CT molecular complexity index is 197. The molecule has 0 unspecified atom stereocenters. The predicted molar refractivity (Wildman–Crippen MR) is 51.8 cm³/mol. The quantitative estimate of drug-likeness (QED) is 0.644. The molecule has 2 fully saturated rings. The first-order chi connectivity index (χ1) is 6.75. The molecule has 0 aromatic carbocycles. The van der Waals surface area contributed by atoms with Crippen LogP contribution in [-0.4, -0.2) is 25.3 Å². The molecule has 0 aromatic heterocycles. The Balaban J connectivity index is 1.81. The second-order valence-electron chi connectivity index (χ2n) is 4.52. The number of carbonyl (C=O) groups is 1. The lowest BCUT2D eigenvalue weighted by Gasteiger charge is -2.34. The summed E-state index contributed by atoms with van der Waals surface area (Å²) in [6, 6.07) is 0. The molecule has 1 saturated carbocycles. The zero-order valence-electron chi connectivity index (χ0n) is 8.70. The Morgan fingerprint density at radius 1 is 1.14 bits per heavy atom. The molecule has 3 heteroatoms. The average Bonchev–Trinajstić information content (AvgIpc) is 2.21. The highest BCUT2D eigenvalue weighted by Crippen LogP contribution is 2.29. The van der Waals surface area contributed by atoms with Gasteiger partial charge >= 0.3 is 0 Å². The lowest BCUT2D eigenvalue weighted by atomic mass is 9.87. The molecule has 0 spiro atoms. The van der Waals surface area contributed by atoms with Gasteiger partial charge in [0.2, 0.25) is 0 Å². The van der Waals surface area contributed by atoms with Crippen LogP contribution in [0.2, 0.25) is 0 Å². The van der Waals surface area contributed by atoms with Crippen LogP contribution < -0.4 is 0 Å². The van der Waals surface area contributed by atoms with Crippen molar-refractivity contribution in [1.82, 2.24) is 0 Å². The minimum atomic E-state index is -0.0423. The van der Waals surface area contributed by atoms with E-state index in [0.717, 1.165) is 26.1 Å². The van der Waals surface area contributed by atoms with E-state index in [1.165, 1.54) is 0 Å². The highest BCUT2D eigenvalue weighted by Gasteiger charge is 2.30. The Hall–Kier alpha value is -0.410. The fraction of sp³-hybridized carbons (Fsp3) is 0.909. The molecule has 0 amide bonds. The summed E-state index contributed by atoms with van der Waals surface area (Å²) in [4.78, 5) is 11.1. The first kappa shape index (κ1) is 10.1. The monoisotopic (exact) mass is 198 g/mol. The lowest BCUT2D eigenvalue weighted by molar-refractivity contribution is -0.225. The summed E-state index contributed by atoms with van der Waals surface area (Å²) in [6.45, 7) is 3.73. The van der Waals surface area contributed by atoms with Gasteiger partial charge in [-0.25, -0.2) is 0 Å². The Morgan fingerprint density at radius 3 is 2.29 bits per heavy atom. The lowest BCUT2D eigenvalue weighted by Crippen LogP contribution is -2.37.